The van der Waals surface area contributed by atoms with Gasteiger partial charge in [-0.1, -0.05) is 31.4 Å². The van der Waals surface area contributed by atoms with Gasteiger partial charge in [0.1, 0.15) is 0 Å². The lowest BCUT2D eigenvalue weighted by Crippen LogP contribution is -2.40. The van der Waals surface area contributed by atoms with Gasteiger partial charge in [0.2, 0.25) is 5.91 Å². The molecule has 0 unspecified atom stereocenters. The first-order chi connectivity index (χ1) is 10.2. The minimum Gasteiger partial charge on any atom is -0.370 e. The number of rotatable bonds is 6. The van der Waals surface area contributed by atoms with Crippen LogP contribution in [-0.2, 0) is 11.3 Å². The highest BCUT2D eigenvalue weighted by molar-refractivity contribution is 5.74. The number of amides is 1. The number of hydrogen-bond donors (Lipinski definition) is 2. The van der Waals surface area contributed by atoms with E-state index in [1.165, 1.54) is 32.1 Å². The van der Waals surface area contributed by atoms with Crippen molar-refractivity contribution in [1.82, 2.24) is 5.32 Å². The van der Waals surface area contributed by atoms with Gasteiger partial charge in [0, 0.05) is 19.0 Å². The maximum atomic E-state index is 11.3. The number of carbonyl (C=O) groups excluding carboxylic acids is 1. The van der Waals surface area contributed by atoms with Crippen molar-refractivity contribution < 1.29 is 4.79 Å². The number of nitriles is 1. The fourth-order valence-electron chi connectivity index (χ4n) is 3.10. The molecular formula is C17H23N3O. The quantitative estimate of drug-likeness (QED) is 0.842. The number of nitrogens with two attached hydrogens (primary N) is 1. The number of nitrogens with one attached hydrogen (secondary N) is 1. The predicted octanol–water partition coefficient (Wildman–Crippen LogP) is 2.47. The lowest BCUT2D eigenvalue weighted by atomic mass is 9.82. The van der Waals surface area contributed by atoms with E-state index in [0.717, 1.165) is 5.56 Å². The van der Waals surface area contributed by atoms with Gasteiger partial charge in [-0.25, -0.2) is 0 Å². The van der Waals surface area contributed by atoms with Gasteiger partial charge >= 0.3 is 0 Å². The molecule has 0 heterocycles. The first-order valence-corrected chi connectivity index (χ1v) is 7.70. The van der Waals surface area contributed by atoms with Crippen molar-refractivity contribution in [3.63, 3.8) is 0 Å². The molecule has 0 radical (unpaired) electrons. The van der Waals surface area contributed by atoms with Crippen molar-refractivity contribution in [2.24, 2.45) is 11.7 Å². The molecule has 1 atom stereocenters. The van der Waals surface area contributed by atoms with Crippen LogP contribution in [0, 0.1) is 17.2 Å². The van der Waals surface area contributed by atoms with Crippen molar-refractivity contribution in [1.29, 1.82) is 5.26 Å². The zero-order valence-corrected chi connectivity index (χ0v) is 12.3. The Labute approximate surface area is 126 Å². The molecule has 0 aliphatic heterocycles. The Morgan fingerprint density at radius 1 is 1.29 bits per heavy atom. The summed E-state index contributed by atoms with van der Waals surface area (Å²) < 4.78 is 0. The highest BCUT2D eigenvalue weighted by atomic mass is 16.1. The third kappa shape index (κ3) is 4.87. The topological polar surface area (TPSA) is 78.9 Å². The zero-order valence-electron chi connectivity index (χ0n) is 12.3. The molecule has 1 aliphatic carbocycles. The van der Waals surface area contributed by atoms with E-state index in [2.05, 4.69) is 11.4 Å². The molecular weight excluding hydrogens is 262 g/mol. The molecule has 4 heteroatoms. The fraction of sp³-hybridized carbons (Fsp3) is 0.529. The molecule has 0 saturated heterocycles. The summed E-state index contributed by atoms with van der Waals surface area (Å²) in [5.41, 5.74) is 7.18. The third-order valence-corrected chi connectivity index (χ3v) is 4.29. The largest absolute Gasteiger partial charge is 0.370 e. The first kappa shape index (κ1) is 15.5. The minimum absolute atomic E-state index is 0.165. The molecule has 112 valence electrons. The summed E-state index contributed by atoms with van der Waals surface area (Å²) in [4.78, 5) is 11.3. The summed E-state index contributed by atoms with van der Waals surface area (Å²) in [5.74, 6) is 0.308. The molecule has 1 aliphatic rings. The maximum absolute atomic E-state index is 11.3. The van der Waals surface area contributed by atoms with Gasteiger partial charge in [-0.05, 0) is 36.5 Å². The molecule has 0 spiro atoms. The summed E-state index contributed by atoms with van der Waals surface area (Å²) in [7, 11) is 0. The minimum atomic E-state index is -0.238. The normalized spacial score (nSPS) is 17.1. The number of hydrogen-bond acceptors (Lipinski definition) is 3. The molecule has 1 fully saturated rings. The smallest absolute Gasteiger partial charge is 0.218 e. The van der Waals surface area contributed by atoms with Gasteiger partial charge < -0.3 is 11.1 Å². The Hall–Kier alpha value is -1.86. The van der Waals surface area contributed by atoms with Crippen LogP contribution < -0.4 is 11.1 Å². The first-order valence-electron chi connectivity index (χ1n) is 7.70. The Morgan fingerprint density at radius 3 is 2.52 bits per heavy atom. The van der Waals surface area contributed by atoms with Crippen molar-refractivity contribution in [3.05, 3.63) is 35.4 Å². The van der Waals surface area contributed by atoms with E-state index in [0.29, 0.717) is 24.4 Å². The SMILES string of the molecule is N#Cc1ccc(CN[C@H](CC(N)=O)C2CCCCC2)cc1. The Morgan fingerprint density at radius 2 is 1.95 bits per heavy atom. The van der Waals surface area contributed by atoms with Crippen molar-refractivity contribution in [2.75, 3.05) is 0 Å². The number of carbonyl (C=O) groups is 1. The molecule has 1 aromatic rings. The molecule has 1 aromatic carbocycles. The average Bonchev–Trinajstić information content (AvgIpc) is 2.52. The summed E-state index contributed by atoms with van der Waals surface area (Å²) >= 11 is 0. The third-order valence-electron chi connectivity index (χ3n) is 4.29. The van der Waals surface area contributed by atoms with E-state index < -0.39 is 0 Å². The molecule has 2 rings (SSSR count). The Balaban J connectivity index is 1.93. The van der Waals surface area contributed by atoms with E-state index in [-0.39, 0.29) is 11.9 Å². The number of benzene rings is 1. The molecule has 0 aromatic heterocycles. The molecule has 0 bridgehead atoms. The van der Waals surface area contributed by atoms with Gasteiger partial charge in [-0.2, -0.15) is 5.26 Å². The monoisotopic (exact) mass is 285 g/mol. The van der Waals surface area contributed by atoms with E-state index >= 15 is 0 Å². The summed E-state index contributed by atoms with van der Waals surface area (Å²) in [6.07, 6.45) is 6.56. The average molecular weight is 285 g/mol. The van der Waals surface area contributed by atoms with Crippen LogP contribution in [0.25, 0.3) is 0 Å². The van der Waals surface area contributed by atoms with Gasteiger partial charge in [-0.15, -0.1) is 0 Å². The van der Waals surface area contributed by atoms with E-state index in [9.17, 15) is 4.79 Å². The molecule has 1 amide bonds. The second kappa shape index (κ2) is 7.80. The Kier molecular flexibility index (Phi) is 5.77. The van der Waals surface area contributed by atoms with Crippen LogP contribution in [0.2, 0.25) is 0 Å². The highest BCUT2D eigenvalue weighted by Gasteiger charge is 2.24. The second-order valence-electron chi connectivity index (χ2n) is 5.86. The highest BCUT2D eigenvalue weighted by Crippen LogP contribution is 2.28. The van der Waals surface area contributed by atoms with Crippen LogP contribution in [0.5, 0.6) is 0 Å². The van der Waals surface area contributed by atoms with Crippen LogP contribution in [0.1, 0.15) is 49.7 Å². The molecule has 4 nitrogen and oxygen atoms in total. The van der Waals surface area contributed by atoms with Gasteiger partial charge in [0.25, 0.3) is 0 Å². The lowest BCUT2D eigenvalue weighted by Gasteiger charge is -2.30. The van der Waals surface area contributed by atoms with Crippen LogP contribution in [-0.4, -0.2) is 11.9 Å². The maximum Gasteiger partial charge on any atom is 0.218 e. The fourth-order valence-corrected chi connectivity index (χ4v) is 3.10. The van der Waals surface area contributed by atoms with Crippen LogP contribution in [0.3, 0.4) is 0 Å². The zero-order chi connectivity index (χ0) is 15.1. The van der Waals surface area contributed by atoms with E-state index in [1.54, 1.807) is 0 Å². The van der Waals surface area contributed by atoms with Crippen LogP contribution in [0.15, 0.2) is 24.3 Å². The second-order valence-corrected chi connectivity index (χ2v) is 5.86. The van der Waals surface area contributed by atoms with Crippen molar-refractivity contribution in [3.8, 4) is 6.07 Å². The predicted molar refractivity (Wildman–Crippen MR) is 82.2 cm³/mol. The van der Waals surface area contributed by atoms with Crippen LogP contribution >= 0.6 is 0 Å². The molecule has 3 N–H and O–H groups in total. The van der Waals surface area contributed by atoms with E-state index in [1.807, 2.05) is 24.3 Å². The number of nitrogens with zero attached hydrogens (tertiary/aromatic N) is 1. The summed E-state index contributed by atoms with van der Waals surface area (Å²) in [6.45, 7) is 0.708. The van der Waals surface area contributed by atoms with Crippen molar-refractivity contribution in [2.45, 2.75) is 51.1 Å². The molecule has 21 heavy (non-hydrogen) atoms. The summed E-state index contributed by atoms with van der Waals surface area (Å²) in [5, 5.41) is 12.3. The van der Waals surface area contributed by atoms with E-state index in [4.69, 9.17) is 11.0 Å². The molecule has 1 saturated carbocycles. The van der Waals surface area contributed by atoms with Crippen molar-refractivity contribution >= 4 is 5.91 Å². The van der Waals surface area contributed by atoms with Gasteiger partial charge in [0.15, 0.2) is 0 Å². The standard InChI is InChI=1S/C17H23N3O/c18-11-13-6-8-14(9-7-13)12-20-16(10-17(19)21)15-4-2-1-3-5-15/h6-9,15-16,20H,1-5,10,12H2,(H2,19,21)/t16-/m1/s1. The summed E-state index contributed by atoms with van der Waals surface area (Å²) in [6, 6.07) is 9.83. The van der Waals surface area contributed by atoms with Gasteiger partial charge in [0.05, 0.1) is 11.6 Å². The van der Waals surface area contributed by atoms with Gasteiger partial charge in [-0.3, -0.25) is 4.79 Å². The Bertz CT molecular complexity index is 498. The lowest BCUT2D eigenvalue weighted by molar-refractivity contribution is -0.118. The van der Waals surface area contributed by atoms with Crippen LogP contribution in [0.4, 0.5) is 0 Å². The number of primary amides is 1.